The Morgan fingerprint density at radius 3 is 0.923 bits per heavy atom. The van der Waals surface area contributed by atoms with Crippen LogP contribution in [0.5, 0.6) is 0 Å². The zero-order valence-corrected chi connectivity index (χ0v) is 58.3. The molecule has 5 unspecified atom stereocenters. The maximum absolute atomic E-state index is 12.9. The van der Waals surface area contributed by atoms with E-state index in [1.165, 1.54) is 44.9 Å². The number of rotatable bonds is 65. The first-order valence-electron chi connectivity index (χ1n) is 34.8. The Morgan fingerprint density at radius 1 is 0.319 bits per heavy atom. The van der Waals surface area contributed by atoms with Crippen molar-refractivity contribution in [2.24, 2.45) is 0 Å². The third kappa shape index (κ3) is 67.2. The molecule has 0 radical (unpaired) electrons. The standard InChI is InChI=1S/C73H124O16P2/c1-4-7-10-13-16-19-22-25-28-29-30-31-32-33-34-35-36-37-40-42-44-47-50-53-56-59-71(76)83-62-68(74)63-85-90(79,80)86-64-69(75)65-87-91(81,82)88-67-70(89-73(78)61-58-55-52-49-46-43-39-27-24-21-18-15-12-9-6-3)66-84-72(77)60-57-54-51-48-45-41-38-26-23-20-17-14-11-8-5-2/h7-8,10-11,16-21,25-28,30-31,33-34,38-39,68-70,74-75H,4-6,9,12-15,22-24,29,32,35-37,40-67H2,1-3H3,(H,79,80)(H,81,82)/b10-7-,11-8-,19-16-,20-17-,21-18-,28-25-,31-30-,34-33-,38-26-,39-27-. The predicted octanol–water partition coefficient (Wildman–Crippen LogP) is 19.4. The predicted molar refractivity (Wildman–Crippen MR) is 371 cm³/mol. The lowest BCUT2D eigenvalue weighted by Crippen LogP contribution is -2.30. The van der Waals surface area contributed by atoms with Gasteiger partial charge in [0.25, 0.3) is 0 Å². The average molecular weight is 1320 g/mol. The van der Waals surface area contributed by atoms with Gasteiger partial charge in [-0.3, -0.25) is 32.5 Å². The highest BCUT2D eigenvalue weighted by Gasteiger charge is 2.29. The van der Waals surface area contributed by atoms with Gasteiger partial charge in [0.1, 0.15) is 25.4 Å². The van der Waals surface area contributed by atoms with Crippen molar-refractivity contribution in [2.45, 2.75) is 283 Å². The van der Waals surface area contributed by atoms with Crippen molar-refractivity contribution in [2.75, 3.05) is 39.6 Å². The van der Waals surface area contributed by atoms with E-state index in [1.54, 1.807) is 0 Å². The molecule has 5 atom stereocenters. The van der Waals surface area contributed by atoms with Crippen LogP contribution in [0.25, 0.3) is 0 Å². The first kappa shape index (κ1) is 87.0. The molecule has 0 aromatic carbocycles. The molecule has 0 spiro atoms. The minimum Gasteiger partial charge on any atom is -0.463 e. The van der Waals surface area contributed by atoms with Gasteiger partial charge in [-0.25, -0.2) is 9.13 Å². The molecule has 0 aliphatic rings. The van der Waals surface area contributed by atoms with Gasteiger partial charge in [-0.1, -0.05) is 239 Å². The third-order valence-electron chi connectivity index (χ3n) is 14.2. The van der Waals surface area contributed by atoms with Gasteiger partial charge in [0.15, 0.2) is 6.10 Å². The van der Waals surface area contributed by atoms with Gasteiger partial charge in [0.05, 0.1) is 26.4 Å². The first-order chi connectivity index (χ1) is 44.2. The molecule has 4 N–H and O–H groups in total. The van der Waals surface area contributed by atoms with Crippen molar-refractivity contribution in [1.82, 2.24) is 0 Å². The molecule has 0 rings (SSSR count). The topological polar surface area (TPSA) is 231 Å². The molecule has 0 saturated heterocycles. The number of phosphoric acid groups is 2. The minimum atomic E-state index is -4.93. The molecule has 0 aliphatic carbocycles. The fraction of sp³-hybridized carbons (Fsp3) is 0.685. The van der Waals surface area contributed by atoms with Crippen LogP contribution in [0.1, 0.15) is 265 Å². The lowest BCUT2D eigenvalue weighted by molar-refractivity contribution is -0.161. The lowest BCUT2D eigenvalue weighted by atomic mass is 10.1. The first-order valence-corrected chi connectivity index (χ1v) is 37.8. The molecule has 0 bridgehead atoms. The summed E-state index contributed by atoms with van der Waals surface area (Å²) in [5.74, 6) is -1.62. The molecule has 522 valence electrons. The van der Waals surface area contributed by atoms with Crippen molar-refractivity contribution >= 4 is 33.6 Å². The van der Waals surface area contributed by atoms with Crippen LogP contribution in [0, 0.1) is 0 Å². The number of carbonyl (C=O) groups is 3. The molecule has 91 heavy (non-hydrogen) atoms. The van der Waals surface area contributed by atoms with E-state index in [-0.39, 0.29) is 19.3 Å². The van der Waals surface area contributed by atoms with Crippen LogP contribution in [0.2, 0.25) is 0 Å². The van der Waals surface area contributed by atoms with Crippen molar-refractivity contribution in [3.05, 3.63) is 122 Å². The summed E-state index contributed by atoms with van der Waals surface area (Å²) in [6.07, 6.45) is 75.4. The number of unbranched alkanes of at least 4 members (excludes halogenated alkanes) is 22. The molecule has 0 heterocycles. The number of esters is 3. The van der Waals surface area contributed by atoms with Gasteiger partial charge in [-0.05, 0) is 128 Å². The Hall–Kier alpha value is -4.05. The average Bonchev–Trinajstić information content (AvgIpc) is 3.08. The van der Waals surface area contributed by atoms with Gasteiger partial charge in [-0.2, -0.15) is 0 Å². The summed E-state index contributed by atoms with van der Waals surface area (Å²) in [7, 11) is -9.79. The largest absolute Gasteiger partial charge is 0.472 e. The summed E-state index contributed by atoms with van der Waals surface area (Å²) in [5.41, 5.74) is 0. The highest BCUT2D eigenvalue weighted by molar-refractivity contribution is 7.47. The van der Waals surface area contributed by atoms with E-state index in [4.69, 9.17) is 32.3 Å². The molecule has 0 aromatic heterocycles. The molecule has 0 fully saturated rings. The van der Waals surface area contributed by atoms with Gasteiger partial charge < -0.3 is 34.2 Å². The van der Waals surface area contributed by atoms with Crippen LogP contribution >= 0.6 is 15.6 Å². The summed E-state index contributed by atoms with van der Waals surface area (Å²) in [6.45, 7) is 2.36. The van der Waals surface area contributed by atoms with Crippen molar-refractivity contribution in [3.63, 3.8) is 0 Å². The Labute approximate surface area is 551 Å². The molecule has 18 heteroatoms. The van der Waals surface area contributed by atoms with Crippen LogP contribution in [-0.4, -0.2) is 95.9 Å². The van der Waals surface area contributed by atoms with E-state index in [9.17, 15) is 43.5 Å². The fourth-order valence-electron chi connectivity index (χ4n) is 8.88. The van der Waals surface area contributed by atoms with E-state index < -0.39 is 91.5 Å². The molecule has 0 aromatic rings. The van der Waals surface area contributed by atoms with Gasteiger partial charge >= 0.3 is 33.6 Å². The maximum atomic E-state index is 12.9. The highest BCUT2D eigenvalue weighted by Crippen LogP contribution is 2.45. The van der Waals surface area contributed by atoms with Crippen LogP contribution in [-0.2, 0) is 55.8 Å². The Bertz CT molecular complexity index is 2140. The molecule has 0 amide bonds. The fourth-order valence-corrected chi connectivity index (χ4v) is 10.5. The second-order valence-corrected chi connectivity index (χ2v) is 25.8. The van der Waals surface area contributed by atoms with E-state index in [0.717, 1.165) is 161 Å². The van der Waals surface area contributed by atoms with E-state index >= 15 is 0 Å². The van der Waals surface area contributed by atoms with Gasteiger partial charge in [-0.15, -0.1) is 0 Å². The van der Waals surface area contributed by atoms with Crippen molar-refractivity contribution in [3.8, 4) is 0 Å². The zero-order chi connectivity index (χ0) is 66.7. The molecular weight excluding hydrogens is 1190 g/mol. The molecule has 16 nitrogen and oxygen atoms in total. The van der Waals surface area contributed by atoms with Crippen LogP contribution < -0.4 is 0 Å². The van der Waals surface area contributed by atoms with Gasteiger partial charge in [0, 0.05) is 19.3 Å². The normalized spacial score (nSPS) is 14.9. The summed E-state index contributed by atoms with van der Waals surface area (Å²) in [5, 5.41) is 20.6. The second-order valence-electron chi connectivity index (χ2n) is 22.9. The highest BCUT2D eigenvalue weighted by atomic mass is 31.2. The van der Waals surface area contributed by atoms with E-state index in [2.05, 4.69) is 142 Å². The smallest absolute Gasteiger partial charge is 0.463 e. The Morgan fingerprint density at radius 2 is 0.582 bits per heavy atom. The summed E-state index contributed by atoms with van der Waals surface area (Å²) < 4.78 is 60.9. The van der Waals surface area contributed by atoms with Crippen molar-refractivity contribution < 1.29 is 75.8 Å². The quantitative estimate of drug-likeness (QED) is 0.0146. The summed E-state index contributed by atoms with van der Waals surface area (Å²) in [4.78, 5) is 58.4. The number of carbonyl (C=O) groups excluding carboxylic acids is 3. The minimum absolute atomic E-state index is 0.0824. The van der Waals surface area contributed by atoms with Crippen LogP contribution in [0.4, 0.5) is 0 Å². The number of hydrogen-bond donors (Lipinski definition) is 4. The Balaban J connectivity index is 4.59. The number of hydrogen-bond acceptors (Lipinski definition) is 14. The summed E-state index contributed by atoms with van der Waals surface area (Å²) >= 11 is 0. The number of allylic oxidation sites excluding steroid dienone is 20. The zero-order valence-electron chi connectivity index (χ0n) is 56.5. The maximum Gasteiger partial charge on any atom is 0.472 e. The third-order valence-corrected chi connectivity index (χ3v) is 16.1. The van der Waals surface area contributed by atoms with E-state index in [1.807, 2.05) is 0 Å². The van der Waals surface area contributed by atoms with Crippen molar-refractivity contribution in [1.29, 1.82) is 0 Å². The van der Waals surface area contributed by atoms with Gasteiger partial charge in [0.2, 0.25) is 0 Å². The monoisotopic (exact) mass is 1320 g/mol. The number of aliphatic hydroxyl groups excluding tert-OH is 2. The molecular formula is C73H124O16P2. The molecule has 0 aliphatic heterocycles. The Kier molecular flexibility index (Phi) is 63.1. The number of aliphatic hydroxyl groups is 2. The van der Waals surface area contributed by atoms with E-state index in [0.29, 0.717) is 19.3 Å². The number of ether oxygens (including phenoxy) is 3. The molecule has 0 saturated carbocycles. The summed E-state index contributed by atoms with van der Waals surface area (Å²) in [6, 6.07) is 0. The van der Waals surface area contributed by atoms with Crippen LogP contribution in [0.15, 0.2) is 122 Å². The second kappa shape index (κ2) is 66.0. The van der Waals surface area contributed by atoms with Crippen LogP contribution in [0.3, 0.4) is 0 Å². The lowest BCUT2D eigenvalue weighted by Gasteiger charge is -2.21. The number of phosphoric ester groups is 2. The SMILES string of the molecule is CC/C=C\C/C=C\C/C=C\C/C=C\C/C=C\CCCCCCCCCCCC(=O)OCC(O)COP(=O)(O)OCC(O)COP(=O)(O)OCC(COC(=O)CCCCCCC/C=C\C/C=C\C/C=C\CC)OC(=O)CCCCCCC/C=C\C/C=C\CCCCC.